The van der Waals surface area contributed by atoms with E-state index >= 15 is 0 Å². The SMILES string of the molecule is CC(O)CNCC1C2=C[C+](C(O)COc3cc(CC[C-]4C=C(CO)C(CCCCC5(CCN)CCCC5)O4)ccc3O)N=C2CCC2CCCC21. The van der Waals surface area contributed by atoms with Crippen LogP contribution in [0.4, 0.5) is 0 Å². The van der Waals surface area contributed by atoms with Crippen molar-refractivity contribution in [1.82, 2.24) is 5.32 Å². The van der Waals surface area contributed by atoms with E-state index in [0.29, 0.717) is 54.3 Å². The molecule has 0 amide bonds. The molecule has 6 unspecified atom stereocenters. The molecule has 9 nitrogen and oxygen atoms in total. The van der Waals surface area contributed by atoms with Crippen LogP contribution in [0.5, 0.6) is 11.5 Å². The van der Waals surface area contributed by atoms with Crippen LogP contribution in [0, 0.1) is 35.3 Å². The highest BCUT2D eigenvalue weighted by Gasteiger charge is 2.47. The maximum absolute atomic E-state index is 11.2. The Morgan fingerprint density at radius 1 is 1.14 bits per heavy atom. The van der Waals surface area contributed by atoms with Crippen LogP contribution in [-0.4, -0.2) is 77.3 Å². The van der Waals surface area contributed by atoms with Gasteiger partial charge in [0.2, 0.25) is 0 Å². The number of aliphatic hydroxyl groups excluding tert-OH is 3. The van der Waals surface area contributed by atoms with Crippen LogP contribution in [0.25, 0.3) is 0 Å². The lowest BCUT2D eigenvalue weighted by atomic mass is 9.78. The van der Waals surface area contributed by atoms with E-state index in [-0.39, 0.29) is 25.1 Å². The molecular weight excluding hydrogens is 642 g/mol. The van der Waals surface area contributed by atoms with Crippen molar-refractivity contribution in [2.75, 3.05) is 32.8 Å². The third-order valence-electron chi connectivity index (χ3n) is 12.5. The van der Waals surface area contributed by atoms with E-state index in [0.717, 1.165) is 68.1 Å². The predicted octanol–water partition coefficient (Wildman–Crippen LogP) is 6.09. The predicted molar refractivity (Wildman–Crippen MR) is 201 cm³/mol. The molecule has 51 heavy (non-hydrogen) atoms. The van der Waals surface area contributed by atoms with Gasteiger partial charge in [0.15, 0.2) is 29.4 Å². The molecule has 3 aliphatic carbocycles. The Kier molecular flexibility index (Phi) is 13.5. The second kappa shape index (κ2) is 18.0. The van der Waals surface area contributed by atoms with Gasteiger partial charge in [-0.05, 0) is 99.8 Å². The van der Waals surface area contributed by atoms with E-state index in [9.17, 15) is 20.4 Å². The summed E-state index contributed by atoms with van der Waals surface area (Å²) in [6.07, 6.45) is 21.6. The minimum Gasteiger partial charge on any atom is -0.504 e. The summed E-state index contributed by atoms with van der Waals surface area (Å²) in [6, 6.07) is 5.99. The fourth-order valence-electron chi connectivity index (χ4n) is 9.75. The highest BCUT2D eigenvalue weighted by molar-refractivity contribution is 6.04. The van der Waals surface area contributed by atoms with E-state index in [4.69, 9.17) is 20.2 Å². The molecule has 1 aromatic carbocycles. The van der Waals surface area contributed by atoms with Gasteiger partial charge < -0.3 is 41.0 Å². The van der Waals surface area contributed by atoms with Crippen molar-refractivity contribution in [2.45, 2.75) is 128 Å². The number of aromatic hydroxyl groups is 1. The highest BCUT2D eigenvalue weighted by Crippen LogP contribution is 2.48. The topological polar surface area (TPSA) is 150 Å². The summed E-state index contributed by atoms with van der Waals surface area (Å²) in [4.78, 5) is 4.91. The number of nitrogens with zero attached hydrogens (tertiary/aromatic N) is 1. The van der Waals surface area contributed by atoms with Gasteiger partial charge in [-0.15, -0.1) is 4.99 Å². The number of fused-ring (bicyclic) bond motifs is 2. The standard InChI is InChI=1S/C42H63N3O6/c1-28(47)24-44-25-35-33-8-6-7-30(33)12-14-36-34(35)23-37(45-36)39(49)27-50-41-21-29(11-15-38(41)48)10-13-32-22-31(26-46)40(51-32)9-2-3-16-42(19-20-43)17-4-5-18-42/h11,15,21-23,28,30,33,35,39-40,44,46-49H,2-10,12-14,16-20,24-27,43H2,1H3. The van der Waals surface area contributed by atoms with E-state index in [2.05, 4.69) is 11.4 Å². The number of nitrogens with one attached hydrogen (secondary N) is 1. The molecule has 6 atom stereocenters. The lowest BCUT2D eigenvalue weighted by Gasteiger charge is -2.29. The van der Waals surface area contributed by atoms with Crippen LogP contribution in [0.1, 0.15) is 109 Å². The number of aryl methyl sites for hydroxylation is 1. The number of hydrogen-bond acceptors (Lipinski definition) is 9. The molecule has 5 aliphatic rings. The first-order valence-corrected chi connectivity index (χ1v) is 20.0. The van der Waals surface area contributed by atoms with E-state index < -0.39 is 12.2 Å². The van der Waals surface area contributed by atoms with Crippen LogP contribution in [0.15, 0.2) is 46.5 Å². The molecule has 3 fully saturated rings. The monoisotopic (exact) mass is 705 g/mol. The largest absolute Gasteiger partial charge is 0.504 e. The van der Waals surface area contributed by atoms with Gasteiger partial charge in [-0.1, -0.05) is 57.1 Å². The summed E-state index contributed by atoms with van der Waals surface area (Å²) in [5, 5.41) is 45.1. The third-order valence-corrected chi connectivity index (χ3v) is 12.5. The van der Waals surface area contributed by atoms with Crippen molar-refractivity contribution in [3.63, 3.8) is 0 Å². The van der Waals surface area contributed by atoms with Gasteiger partial charge in [-0.3, -0.25) is 0 Å². The number of rotatable bonds is 19. The van der Waals surface area contributed by atoms with Gasteiger partial charge >= 0.3 is 0 Å². The van der Waals surface area contributed by atoms with Crippen LogP contribution >= 0.6 is 0 Å². The zero-order chi connectivity index (χ0) is 35.8. The van der Waals surface area contributed by atoms with E-state index in [1.54, 1.807) is 13.0 Å². The number of hydrogen-bond donors (Lipinski definition) is 6. The van der Waals surface area contributed by atoms with Crippen molar-refractivity contribution >= 4 is 5.71 Å². The first kappa shape index (κ1) is 38.2. The Labute approximate surface area is 305 Å². The maximum atomic E-state index is 11.2. The van der Waals surface area contributed by atoms with E-state index in [1.807, 2.05) is 18.2 Å². The molecule has 282 valence electrons. The van der Waals surface area contributed by atoms with Crippen molar-refractivity contribution in [3.05, 3.63) is 59.2 Å². The Hall–Kier alpha value is -2.53. The Morgan fingerprint density at radius 3 is 2.76 bits per heavy atom. The normalized spacial score (nSPS) is 26.7. The Balaban J connectivity index is 0.984. The van der Waals surface area contributed by atoms with Gasteiger partial charge in [0, 0.05) is 32.2 Å². The minimum absolute atomic E-state index is 0.00760. The number of ether oxygens (including phenoxy) is 2. The Bertz CT molecular complexity index is 1370. The van der Waals surface area contributed by atoms with Crippen LogP contribution < -0.4 is 15.8 Å². The summed E-state index contributed by atoms with van der Waals surface area (Å²) >= 11 is 0. The fourth-order valence-corrected chi connectivity index (χ4v) is 9.75. The summed E-state index contributed by atoms with van der Waals surface area (Å²) in [6.45, 7) is 3.94. The average molecular weight is 706 g/mol. The van der Waals surface area contributed by atoms with Gasteiger partial charge in [0.25, 0.3) is 0 Å². The van der Waals surface area contributed by atoms with Gasteiger partial charge in [0.05, 0.1) is 18.1 Å². The number of benzene rings is 1. The summed E-state index contributed by atoms with van der Waals surface area (Å²) in [5.74, 6) is 2.00. The first-order valence-electron chi connectivity index (χ1n) is 20.0. The number of unbranched alkanes of at least 4 members (excludes halogenated alkanes) is 1. The van der Waals surface area contributed by atoms with Gasteiger partial charge in [-0.2, -0.15) is 11.6 Å². The molecule has 3 saturated carbocycles. The summed E-state index contributed by atoms with van der Waals surface area (Å²) in [7, 11) is 0. The number of aliphatic hydroxyl groups is 3. The number of phenolic OH excluding ortho intramolecular Hbond substituents is 1. The van der Waals surface area contributed by atoms with Crippen molar-refractivity contribution in [1.29, 1.82) is 0 Å². The lowest BCUT2D eigenvalue weighted by molar-refractivity contribution is 0.101. The van der Waals surface area contributed by atoms with Gasteiger partial charge in [-0.25, -0.2) is 0 Å². The number of aliphatic imine (C=N–C) groups is 1. The second-order valence-electron chi connectivity index (χ2n) is 16.2. The van der Waals surface area contributed by atoms with Crippen molar-refractivity contribution < 1.29 is 29.9 Å². The Morgan fingerprint density at radius 2 is 1.98 bits per heavy atom. The average Bonchev–Trinajstić information content (AvgIpc) is 3.93. The molecule has 0 bridgehead atoms. The summed E-state index contributed by atoms with van der Waals surface area (Å²) in [5.41, 5.74) is 10.6. The van der Waals surface area contributed by atoms with E-state index in [1.165, 1.54) is 63.4 Å². The molecule has 6 rings (SSSR count). The molecular formula is C42H63N3O6. The quantitative estimate of drug-likeness (QED) is 0.0748. The second-order valence-corrected chi connectivity index (χ2v) is 16.2. The number of nitrogens with two attached hydrogens (primary N) is 1. The molecule has 0 aromatic heterocycles. The molecule has 2 heterocycles. The minimum atomic E-state index is -0.920. The van der Waals surface area contributed by atoms with Gasteiger partial charge in [0.1, 0.15) is 12.2 Å². The molecule has 9 heteroatoms. The zero-order valence-corrected chi connectivity index (χ0v) is 30.8. The third kappa shape index (κ3) is 9.72. The lowest BCUT2D eigenvalue weighted by Crippen LogP contribution is -2.34. The smallest absolute Gasteiger partial charge is 0.189 e. The molecule has 2 aliphatic heterocycles. The summed E-state index contributed by atoms with van der Waals surface area (Å²) < 4.78 is 12.3. The molecule has 0 saturated heterocycles. The number of phenols is 1. The molecule has 1 aromatic rings. The van der Waals surface area contributed by atoms with Crippen LogP contribution in [-0.2, 0) is 11.2 Å². The molecule has 0 spiro atoms. The zero-order valence-electron chi connectivity index (χ0n) is 30.8. The maximum Gasteiger partial charge on any atom is 0.189 e. The first-order chi connectivity index (χ1) is 24.8. The van der Waals surface area contributed by atoms with Crippen LogP contribution in [0.3, 0.4) is 0 Å². The highest BCUT2D eigenvalue weighted by atomic mass is 16.5. The van der Waals surface area contributed by atoms with Crippen molar-refractivity contribution in [3.8, 4) is 11.5 Å². The molecule has 7 N–H and O–H groups in total. The van der Waals surface area contributed by atoms with Crippen molar-refractivity contribution in [2.24, 2.45) is 33.9 Å². The van der Waals surface area contributed by atoms with Crippen LogP contribution in [0.2, 0.25) is 0 Å². The molecule has 0 radical (unpaired) electrons. The fraction of sp³-hybridized carbons (Fsp3) is 0.690.